The number of hydrogen-bond acceptors (Lipinski definition) is 8. The molecule has 4 heterocycles. The number of nitrogens with zero attached hydrogens (tertiary/aromatic N) is 5. The smallest absolute Gasteiger partial charge is 0.418 e. The summed E-state index contributed by atoms with van der Waals surface area (Å²) >= 11 is 1.24. The molecule has 9 nitrogen and oxygen atoms in total. The molecule has 0 spiro atoms. The molecule has 5 rings (SSSR count). The molecule has 2 fully saturated rings. The predicted octanol–water partition coefficient (Wildman–Crippen LogP) is 4.43. The van der Waals surface area contributed by atoms with Gasteiger partial charge in [-0.15, -0.1) is 11.3 Å². The van der Waals surface area contributed by atoms with Gasteiger partial charge in [0.15, 0.2) is 11.7 Å². The molecule has 1 aromatic carbocycles. The summed E-state index contributed by atoms with van der Waals surface area (Å²) in [5.74, 6) is 0. The summed E-state index contributed by atoms with van der Waals surface area (Å²) in [5, 5.41) is 20.4. The van der Waals surface area contributed by atoms with Gasteiger partial charge in [-0.1, -0.05) is 0 Å². The van der Waals surface area contributed by atoms with E-state index in [0.717, 1.165) is 12.8 Å². The first-order chi connectivity index (χ1) is 16.3. The molecule has 13 heteroatoms. The summed E-state index contributed by atoms with van der Waals surface area (Å²) in [7, 11) is 0. The Kier molecular flexibility index (Phi) is 5.57. The van der Waals surface area contributed by atoms with E-state index < -0.39 is 25.0 Å². The number of thiazole rings is 1. The first-order valence-corrected chi connectivity index (χ1v) is 11.3. The number of amides is 1. The molecule has 2 bridgehead atoms. The van der Waals surface area contributed by atoms with E-state index in [4.69, 9.17) is 14.4 Å². The van der Waals surface area contributed by atoms with Gasteiger partial charge in [-0.3, -0.25) is 4.90 Å². The van der Waals surface area contributed by atoms with Crippen LogP contribution in [0.1, 0.15) is 24.5 Å². The third kappa shape index (κ3) is 3.92. The van der Waals surface area contributed by atoms with Crippen molar-refractivity contribution >= 4 is 34.5 Å². The Labute approximate surface area is 195 Å². The number of benzene rings is 1. The monoisotopic (exact) mass is 493 g/mol. The summed E-state index contributed by atoms with van der Waals surface area (Å²) in [6.45, 7) is 0.0343. The largest absolute Gasteiger partial charge is 0.465 e. The number of carboxylic acid groups (broad SMARTS) is 1. The minimum absolute atomic E-state index is 0.195. The third-order valence-electron chi connectivity index (χ3n) is 6.05. The number of hydrogen-bond donors (Lipinski definition) is 1. The number of carbonyl (C=O) groups is 1. The molecule has 3 unspecified atom stereocenters. The van der Waals surface area contributed by atoms with E-state index in [1.807, 2.05) is 4.90 Å². The van der Waals surface area contributed by atoms with E-state index in [2.05, 4.69) is 9.97 Å². The second-order valence-electron chi connectivity index (χ2n) is 8.12. The van der Waals surface area contributed by atoms with Crippen molar-refractivity contribution in [2.24, 2.45) is 0 Å². The molecular formula is C21H18F3N5O4S. The first-order valence-electron chi connectivity index (χ1n) is 10.4. The zero-order chi connectivity index (χ0) is 24.0. The molecule has 2 aliphatic heterocycles. The zero-order valence-electron chi connectivity index (χ0n) is 17.5. The number of ether oxygens (including phenoxy) is 1. The van der Waals surface area contributed by atoms with Crippen LogP contribution in [-0.2, 0) is 4.74 Å². The fourth-order valence-electron chi connectivity index (χ4n) is 4.72. The number of halogens is 3. The van der Waals surface area contributed by atoms with Gasteiger partial charge in [-0.25, -0.2) is 9.78 Å². The van der Waals surface area contributed by atoms with E-state index >= 15 is 0 Å². The fraction of sp³-hybridized carbons (Fsp3) is 0.429. The van der Waals surface area contributed by atoms with Gasteiger partial charge in [0.1, 0.15) is 17.1 Å². The molecule has 0 saturated carbocycles. The van der Waals surface area contributed by atoms with Crippen LogP contribution in [0.2, 0.25) is 0 Å². The van der Waals surface area contributed by atoms with Crippen molar-refractivity contribution in [1.29, 1.82) is 5.26 Å². The number of nitriles is 1. The van der Waals surface area contributed by atoms with Crippen LogP contribution in [0.25, 0.3) is 21.7 Å². The SMILES string of the molecule is N#CCOC(c1cc(-c2nccs2)c2oc(N3CC4CCC(C3)N4C(=O)O)nc2c1)C(F)(F)F. The van der Waals surface area contributed by atoms with Crippen LogP contribution in [0, 0.1) is 11.3 Å². The summed E-state index contributed by atoms with van der Waals surface area (Å²) in [5.41, 5.74) is 0.600. The molecule has 2 aliphatic rings. The third-order valence-corrected chi connectivity index (χ3v) is 6.86. The topological polar surface area (TPSA) is 116 Å². The summed E-state index contributed by atoms with van der Waals surface area (Å²) < 4.78 is 52.1. The number of aromatic nitrogens is 2. The quantitative estimate of drug-likeness (QED) is 0.555. The molecule has 3 aromatic rings. The van der Waals surface area contributed by atoms with E-state index in [1.54, 1.807) is 11.4 Å². The van der Waals surface area contributed by atoms with Crippen LogP contribution in [0.5, 0.6) is 0 Å². The second kappa shape index (κ2) is 8.44. The average molecular weight is 493 g/mol. The Balaban J connectivity index is 1.57. The normalized spacial score (nSPS) is 21.1. The Morgan fingerprint density at radius 2 is 2.09 bits per heavy atom. The van der Waals surface area contributed by atoms with Gasteiger partial charge in [0.05, 0.1) is 23.7 Å². The highest BCUT2D eigenvalue weighted by molar-refractivity contribution is 7.13. The van der Waals surface area contributed by atoms with E-state index in [0.29, 0.717) is 23.7 Å². The Morgan fingerprint density at radius 3 is 2.68 bits per heavy atom. The van der Waals surface area contributed by atoms with Crippen molar-refractivity contribution < 1.29 is 32.2 Å². The Morgan fingerprint density at radius 1 is 1.35 bits per heavy atom. The van der Waals surface area contributed by atoms with Crippen molar-refractivity contribution in [2.45, 2.75) is 37.2 Å². The van der Waals surface area contributed by atoms with Crippen LogP contribution in [-0.4, -0.2) is 64.0 Å². The Bertz CT molecular complexity index is 1240. The highest BCUT2D eigenvalue weighted by Gasteiger charge is 2.45. The maximum atomic E-state index is 13.7. The lowest BCUT2D eigenvalue weighted by Gasteiger charge is -2.38. The summed E-state index contributed by atoms with van der Waals surface area (Å²) in [4.78, 5) is 23.5. The molecule has 0 aliphatic carbocycles. The molecule has 3 atom stereocenters. The van der Waals surface area contributed by atoms with E-state index in [9.17, 15) is 23.1 Å². The Hall–Kier alpha value is -3.37. The van der Waals surface area contributed by atoms with Gasteiger partial charge in [-0.2, -0.15) is 23.4 Å². The maximum Gasteiger partial charge on any atom is 0.418 e. The average Bonchev–Trinajstić information content (AvgIpc) is 3.50. The molecule has 1 N–H and O–H groups in total. The minimum Gasteiger partial charge on any atom is -0.465 e. The lowest BCUT2D eigenvalue weighted by molar-refractivity contribution is -0.220. The van der Waals surface area contributed by atoms with Gasteiger partial charge in [0.25, 0.3) is 6.01 Å². The molecule has 34 heavy (non-hydrogen) atoms. The van der Waals surface area contributed by atoms with Gasteiger partial charge in [-0.05, 0) is 30.5 Å². The van der Waals surface area contributed by atoms with Gasteiger partial charge < -0.3 is 19.2 Å². The van der Waals surface area contributed by atoms with Gasteiger partial charge in [0.2, 0.25) is 0 Å². The number of anilines is 1. The maximum absolute atomic E-state index is 13.7. The van der Waals surface area contributed by atoms with Gasteiger partial charge >= 0.3 is 12.3 Å². The van der Waals surface area contributed by atoms with Crippen molar-refractivity contribution in [3.8, 4) is 16.6 Å². The lowest BCUT2D eigenvalue weighted by Crippen LogP contribution is -2.55. The molecule has 1 amide bonds. The van der Waals surface area contributed by atoms with Crippen molar-refractivity contribution in [3.05, 3.63) is 29.3 Å². The van der Waals surface area contributed by atoms with Crippen molar-refractivity contribution in [2.75, 3.05) is 24.6 Å². The molecule has 0 radical (unpaired) electrons. The lowest BCUT2D eigenvalue weighted by atomic mass is 10.0. The van der Waals surface area contributed by atoms with Crippen molar-refractivity contribution in [3.63, 3.8) is 0 Å². The number of alkyl halides is 3. The van der Waals surface area contributed by atoms with Crippen LogP contribution < -0.4 is 4.90 Å². The van der Waals surface area contributed by atoms with Crippen molar-refractivity contribution in [1.82, 2.24) is 14.9 Å². The minimum atomic E-state index is -4.75. The van der Waals surface area contributed by atoms with Crippen LogP contribution in [0.15, 0.2) is 28.1 Å². The number of oxazole rings is 1. The second-order valence-corrected chi connectivity index (χ2v) is 9.02. The fourth-order valence-corrected chi connectivity index (χ4v) is 5.37. The number of rotatable bonds is 5. The van der Waals surface area contributed by atoms with E-state index in [1.165, 1.54) is 34.6 Å². The zero-order valence-corrected chi connectivity index (χ0v) is 18.3. The predicted molar refractivity (Wildman–Crippen MR) is 114 cm³/mol. The van der Waals surface area contributed by atoms with E-state index in [-0.39, 0.29) is 34.8 Å². The molecular weight excluding hydrogens is 475 g/mol. The highest BCUT2D eigenvalue weighted by atomic mass is 32.1. The summed E-state index contributed by atoms with van der Waals surface area (Å²) in [6.07, 6.45) is -5.03. The standard InChI is InChI=1S/C21H18F3N5O4S/c22-21(23,24)17(32-5-3-25)11-7-14(18-26-4-6-34-18)16-15(8-11)27-19(33-16)28-9-12-1-2-13(10-28)29(12)20(30)31/h4,6-8,12-13,17H,1-2,5,9-10H2,(H,30,31). The van der Waals surface area contributed by atoms with Crippen LogP contribution in [0.4, 0.5) is 24.0 Å². The molecule has 2 aromatic heterocycles. The van der Waals surface area contributed by atoms with Crippen LogP contribution in [0.3, 0.4) is 0 Å². The number of piperazine rings is 1. The number of fused-ring (bicyclic) bond motifs is 3. The van der Waals surface area contributed by atoms with Gasteiger partial charge in [0, 0.05) is 24.7 Å². The van der Waals surface area contributed by atoms with Crippen LogP contribution >= 0.6 is 11.3 Å². The summed E-state index contributed by atoms with van der Waals surface area (Å²) in [6, 6.07) is 3.94. The highest BCUT2D eigenvalue weighted by Crippen LogP contribution is 2.42. The molecule has 2 saturated heterocycles. The first kappa shape index (κ1) is 22.4. The molecule has 178 valence electrons.